The predicted molar refractivity (Wildman–Crippen MR) is 56.3 cm³/mol. The second-order valence-corrected chi connectivity index (χ2v) is 3.36. The number of carbonyl (C=O) groups is 1. The van der Waals surface area contributed by atoms with E-state index in [1.165, 1.54) is 18.3 Å². The van der Waals surface area contributed by atoms with Crippen molar-refractivity contribution in [2.45, 2.75) is 0 Å². The summed E-state index contributed by atoms with van der Waals surface area (Å²) in [6.45, 7) is 0. The molecular formula is C10H6N4O3. The minimum Gasteiger partial charge on any atom is -0.478 e. The molecule has 0 saturated heterocycles. The highest BCUT2D eigenvalue weighted by molar-refractivity contribution is 5.92. The van der Waals surface area contributed by atoms with Crippen LogP contribution < -0.4 is 0 Å². The van der Waals surface area contributed by atoms with Gasteiger partial charge in [0.15, 0.2) is 11.3 Å². The standard InChI is InChI=1S/C10H6N4O3/c15-10(16)5-1-2-8-6(3-5)12-9(17-8)7-4-11-14-13-7/h1-4H,(H,15,16)(H,11,13,14). The Morgan fingerprint density at radius 1 is 1.41 bits per heavy atom. The summed E-state index contributed by atoms with van der Waals surface area (Å²) in [7, 11) is 0. The largest absolute Gasteiger partial charge is 0.478 e. The van der Waals surface area contributed by atoms with Crippen LogP contribution in [-0.2, 0) is 0 Å². The first-order chi connectivity index (χ1) is 8.24. The molecule has 0 aliphatic carbocycles. The van der Waals surface area contributed by atoms with E-state index in [2.05, 4.69) is 20.4 Å². The molecule has 3 rings (SSSR count). The number of hydrogen-bond donors (Lipinski definition) is 2. The molecule has 0 radical (unpaired) electrons. The molecule has 0 aliphatic rings. The van der Waals surface area contributed by atoms with E-state index in [-0.39, 0.29) is 5.56 Å². The number of aromatic carboxylic acids is 1. The quantitative estimate of drug-likeness (QED) is 0.687. The van der Waals surface area contributed by atoms with Crippen LogP contribution in [-0.4, -0.2) is 31.5 Å². The van der Waals surface area contributed by atoms with Crippen LogP contribution in [0.5, 0.6) is 0 Å². The van der Waals surface area contributed by atoms with Crippen molar-refractivity contribution in [3.63, 3.8) is 0 Å². The molecular weight excluding hydrogens is 224 g/mol. The van der Waals surface area contributed by atoms with Crippen molar-refractivity contribution in [1.29, 1.82) is 0 Å². The van der Waals surface area contributed by atoms with E-state index in [0.717, 1.165) is 0 Å². The summed E-state index contributed by atoms with van der Waals surface area (Å²) in [5, 5.41) is 18.8. The van der Waals surface area contributed by atoms with Gasteiger partial charge in [0.05, 0.1) is 11.8 Å². The summed E-state index contributed by atoms with van der Waals surface area (Å²) < 4.78 is 5.42. The minimum absolute atomic E-state index is 0.164. The number of hydrogen-bond acceptors (Lipinski definition) is 5. The summed E-state index contributed by atoms with van der Waals surface area (Å²) in [5.74, 6) is -0.700. The first-order valence-corrected chi connectivity index (χ1v) is 4.74. The molecule has 0 aliphatic heterocycles. The highest BCUT2D eigenvalue weighted by atomic mass is 16.4. The van der Waals surface area contributed by atoms with Crippen LogP contribution in [0.3, 0.4) is 0 Å². The Morgan fingerprint density at radius 2 is 2.29 bits per heavy atom. The number of nitrogens with zero attached hydrogens (tertiary/aromatic N) is 3. The number of fused-ring (bicyclic) bond motifs is 1. The summed E-state index contributed by atoms with van der Waals surface area (Å²) in [4.78, 5) is 14.9. The average Bonchev–Trinajstić information content (AvgIpc) is 2.96. The Balaban J connectivity index is 2.16. The zero-order valence-corrected chi connectivity index (χ0v) is 8.41. The normalized spacial score (nSPS) is 10.8. The molecule has 2 aromatic heterocycles. The Kier molecular flexibility index (Phi) is 1.91. The molecule has 0 unspecified atom stereocenters. The van der Waals surface area contributed by atoms with Gasteiger partial charge in [0, 0.05) is 0 Å². The monoisotopic (exact) mass is 230 g/mol. The molecule has 0 saturated carbocycles. The van der Waals surface area contributed by atoms with Crippen LogP contribution in [0.2, 0.25) is 0 Å². The topological polar surface area (TPSA) is 105 Å². The Bertz CT molecular complexity index is 687. The molecule has 84 valence electrons. The lowest BCUT2D eigenvalue weighted by atomic mass is 10.2. The van der Waals surface area contributed by atoms with Crippen LogP contribution in [0.1, 0.15) is 10.4 Å². The molecule has 0 spiro atoms. The maximum Gasteiger partial charge on any atom is 0.335 e. The highest BCUT2D eigenvalue weighted by Gasteiger charge is 2.12. The van der Waals surface area contributed by atoms with E-state index in [0.29, 0.717) is 22.7 Å². The van der Waals surface area contributed by atoms with Crippen LogP contribution >= 0.6 is 0 Å². The van der Waals surface area contributed by atoms with E-state index in [9.17, 15) is 4.79 Å². The van der Waals surface area contributed by atoms with Crippen molar-refractivity contribution < 1.29 is 14.3 Å². The zero-order chi connectivity index (χ0) is 11.8. The third-order valence-electron chi connectivity index (χ3n) is 2.27. The van der Waals surface area contributed by atoms with Crippen molar-refractivity contribution in [3.8, 4) is 11.6 Å². The number of carboxylic acid groups (broad SMARTS) is 1. The van der Waals surface area contributed by atoms with Gasteiger partial charge in [-0.1, -0.05) is 0 Å². The second-order valence-electron chi connectivity index (χ2n) is 3.36. The SMILES string of the molecule is O=C(O)c1ccc2oc(-c3cn[nH]n3)nc2c1. The van der Waals surface area contributed by atoms with Gasteiger partial charge < -0.3 is 9.52 Å². The molecule has 0 bridgehead atoms. The molecule has 0 fully saturated rings. The van der Waals surface area contributed by atoms with Gasteiger partial charge in [-0.15, -0.1) is 0 Å². The fourth-order valence-corrected chi connectivity index (χ4v) is 1.47. The van der Waals surface area contributed by atoms with Crippen molar-refractivity contribution in [3.05, 3.63) is 30.0 Å². The summed E-state index contributed by atoms with van der Waals surface area (Å²) in [6, 6.07) is 4.47. The maximum absolute atomic E-state index is 10.8. The summed E-state index contributed by atoms with van der Waals surface area (Å²) in [5.41, 5.74) is 1.62. The van der Waals surface area contributed by atoms with Crippen LogP contribution in [0, 0.1) is 0 Å². The van der Waals surface area contributed by atoms with Gasteiger partial charge in [-0.25, -0.2) is 9.78 Å². The predicted octanol–water partition coefficient (Wildman–Crippen LogP) is 1.31. The number of benzene rings is 1. The van der Waals surface area contributed by atoms with Crippen molar-refractivity contribution in [2.24, 2.45) is 0 Å². The molecule has 0 amide bonds. The Labute approximate surface area is 94.1 Å². The Hall–Kier alpha value is -2.70. The minimum atomic E-state index is -1.00. The molecule has 7 heteroatoms. The number of rotatable bonds is 2. The van der Waals surface area contributed by atoms with Crippen LogP contribution in [0.15, 0.2) is 28.8 Å². The number of oxazole rings is 1. The lowest BCUT2D eigenvalue weighted by molar-refractivity contribution is 0.0697. The van der Waals surface area contributed by atoms with Gasteiger partial charge >= 0.3 is 5.97 Å². The van der Waals surface area contributed by atoms with Gasteiger partial charge in [0.25, 0.3) is 0 Å². The van der Waals surface area contributed by atoms with E-state index in [4.69, 9.17) is 9.52 Å². The number of aromatic amines is 1. The average molecular weight is 230 g/mol. The van der Waals surface area contributed by atoms with E-state index < -0.39 is 5.97 Å². The van der Waals surface area contributed by atoms with E-state index >= 15 is 0 Å². The molecule has 3 aromatic rings. The smallest absolute Gasteiger partial charge is 0.335 e. The van der Waals surface area contributed by atoms with Crippen molar-refractivity contribution in [2.75, 3.05) is 0 Å². The molecule has 7 nitrogen and oxygen atoms in total. The Morgan fingerprint density at radius 3 is 3.00 bits per heavy atom. The van der Waals surface area contributed by atoms with Crippen molar-refractivity contribution >= 4 is 17.1 Å². The fourth-order valence-electron chi connectivity index (χ4n) is 1.47. The summed E-state index contributed by atoms with van der Waals surface area (Å²) >= 11 is 0. The van der Waals surface area contributed by atoms with Crippen molar-refractivity contribution in [1.82, 2.24) is 20.4 Å². The first-order valence-electron chi connectivity index (χ1n) is 4.74. The summed E-state index contributed by atoms with van der Waals surface area (Å²) in [6.07, 6.45) is 1.48. The zero-order valence-electron chi connectivity index (χ0n) is 8.41. The third-order valence-corrected chi connectivity index (χ3v) is 2.27. The molecule has 17 heavy (non-hydrogen) atoms. The number of H-pyrrole nitrogens is 1. The van der Waals surface area contributed by atoms with Gasteiger partial charge in [0.1, 0.15) is 5.52 Å². The van der Waals surface area contributed by atoms with Gasteiger partial charge in [-0.2, -0.15) is 15.4 Å². The molecule has 2 heterocycles. The van der Waals surface area contributed by atoms with E-state index in [1.807, 2.05) is 0 Å². The maximum atomic E-state index is 10.8. The van der Waals surface area contributed by atoms with Gasteiger partial charge in [-0.05, 0) is 18.2 Å². The van der Waals surface area contributed by atoms with Gasteiger partial charge in [-0.3, -0.25) is 0 Å². The molecule has 2 N–H and O–H groups in total. The highest BCUT2D eigenvalue weighted by Crippen LogP contribution is 2.22. The van der Waals surface area contributed by atoms with Crippen LogP contribution in [0.4, 0.5) is 0 Å². The fraction of sp³-hybridized carbons (Fsp3) is 0. The third kappa shape index (κ3) is 1.53. The second kappa shape index (κ2) is 3.41. The van der Waals surface area contributed by atoms with Crippen LogP contribution in [0.25, 0.3) is 22.7 Å². The van der Waals surface area contributed by atoms with Gasteiger partial charge in [0.2, 0.25) is 5.89 Å². The number of carboxylic acids is 1. The first kappa shape index (κ1) is 9.52. The van der Waals surface area contributed by atoms with E-state index in [1.54, 1.807) is 6.07 Å². The lowest BCUT2D eigenvalue weighted by Crippen LogP contribution is -1.94. The number of nitrogens with one attached hydrogen (secondary N) is 1. The lowest BCUT2D eigenvalue weighted by Gasteiger charge is -1.91. The molecule has 0 atom stereocenters. The number of aromatic nitrogens is 4. The molecule has 1 aromatic carbocycles.